The highest BCUT2D eigenvalue weighted by Crippen LogP contribution is 1.88. The number of carboxylic acid groups (broad SMARTS) is 1. The summed E-state index contributed by atoms with van der Waals surface area (Å²) in [6.07, 6.45) is -1.10. The van der Waals surface area contributed by atoms with E-state index in [0.717, 1.165) is 5.06 Å². The van der Waals surface area contributed by atoms with Gasteiger partial charge in [0, 0.05) is 0 Å². The van der Waals surface area contributed by atoms with Gasteiger partial charge in [-0.3, -0.25) is 4.84 Å². The van der Waals surface area contributed by atoms with Crippen LogP contribution in [0.25, 0.3) is 0 Å². The number of hydrogen-bond acceptors (Lipinski definition) is 2. The molecule has 0 unspecified atom stereocenters. The minimum atomic E-state index is -1.10. The molecule has 0 fully saturated rings. The third-order valence-corrected chi connectivity index (χ3v) is 0.701. The maximum atomic E-state index is 10.1. The van der Waals surface area contributed by atoms with Crippen LogP contribution in [0.3, 0.4) is 0 Å². The highest BCUT2D eigenvalue weighted by Gasteiger charge is 2.06. The minimum Gasteiger partial charge on any atom is -0.463 e. The summed E-state index contributed by atoms with van der Waals surface area (Å²) in [5.41, 5.74) is 0. The van der Waals surface area contributed by atoms with Crippen LogP contribution in [0.15, 0.2) is 0 Å². The molecule has 0 heterocycles. The molecule has 4 nitrogen and oxygen atoms in total. The highest BCUT2D eigenvalue weighted by atomic mass is 16.7. The molecule has 9 heavy (non-hydrogen) atoms. The standard InChI is InChI=1S/C5H10NO3/c1-3-6(5(7)8)9-4-2/h1,3-4H2,2H3,(H,7,8). The van der Waals surface area contributed by atoms with E-state index in [1.54, 1.807) is 6.92 Å². The molecule has 0 aromatic rings. The van der Waals surface area contributed by atoms with Crippen LogP contribution in [-0.4, -0.2) is 29.4 Å². The molecule has 0 rings (SSSR count). The first kappa shape index (κ1) is 8.23. The topological polar surface area (TPSA) is 49.8 Å². The second-order valence-electron chi connectivity index (χ2n) is 1.30. The van der Waals surface area contributed by atoms with E-state index < -0.39 is 6.09 Å². The zero-order valence-corrected chi connectivity index (χ0v) is 5.33. The van der Waals surface area contributed by atoms with Crippen molar-refractivity contribution in [2.24, 2.45) is 0 Å². The van der Waals surface area contributed by atoms with Gasteiger partial charge in [0.2, 0.25) is 0 Å². The van der Waals surface area contributed by atoms with Crippen LogP contribution in [-0.2, 0) is 4.84 Å². The van der Waals surface area contributed by atoms with Crippen molar-refractivity contribution in [3.05, 3.63) is 6.92 Å². The van der Waals surface area contributed by atoms with Gasteiger partial charge >= 0.3 is 6.09 Å². The Hall–Kier alpha value is -0.770. The summed E-state index contributed by atoms with van der Waals surface area (Å²) in [5.74, 6) is 0. The zero-order valence-electron chi connectivity index (χ0n) is 5.33. The lowest BCUT2D eigenvalue weighted by Crippen LogP contribution is -2.29. The third kappa shape index (κ3) is 2.92. The zero-order chi connectivity index (χ0) is 7.28. The van der Waals surface area contributed by atoms with Gasteiger partial charge in [0.1, 0.15) is 0 Å². The molecule has 0 aromatic carbocycles. The Morgan fingerprint density at radius 1 is 1.89 bits per heavy atom. The monoisotopic (exact) mass is 132 g/mol. The first-order valence-electron chi connectivity index (χ1n) is 2.65. The van der Waals surface area contributed by atoms with Crippen molar-refractivity contribution in [3.63, 3.8) is 0 Å². The molecule has 0 aliphatic carbocycles. The fraction of sp³-hybridized carbons (Fsp3) is 0.600. The molecule has 1 N–H and O–H groups in total. The molecule has 0 atom stereocenters. The lowest BCUT2D eigenvalue weighted by molar-refractivity contribution is -0.119. The Morgan fingerprint density at radius 2 is 2.44 bits per heavy atom. The van der Waals surface area contributed by atoms with Gasteiger partial charge in [-0.2, -0.15) is 5.06 Å². The van der Waals surface area contributed by atoms with Gasteiger partial charge in [-0.25, -0.2) is 4.79 Å². The van der Waals surface area contributed by atoms with Crippen LogP contribution in [0.4, 0.5) is 4.79 Å². The van der Waals surface area contributed by atoms with Gasteiger partial charge in [-0.1, -0.05) is 0 Å². The van der Waals surface area contributed by atoms with Crippen molar-refractivity contribution in [1.29, 1.82) is 0 Å². The van der Waals surface area contributed by atoms with Gasteiger partial charge in [0.05, 0.1) is 13.2 Å². The fourth-order valence-electron chi connectivity index (χ4n) is 0.371. The first-order valence-corrected chi connectivity index (χ1v) is 2.65. The lowest BCUT2D eigenvalue weighted by atomic mass is 10.7. The molecule has 0 aliphatic heterocycles. The van der Waals surface area contributed by atoms with Crippen LogP contribution in [0.5, 0.6) is 0 Å². The average molecular weight is 132 g/mol. The average Bonchev–Trinajstić information content (AvgIpc) is 1.82. The summed E-state index contributed by atoms with van der Waals surface area (Å²) in [4.78, 5) is 14.7. The number of amides is 1. The van der Waals surface area contributed by atoms with Crippen LogP contribution in [0.1, 0.15) is 6.92 Å². The summed E-state index contributed by atoms with van der Waals surface area (Å²) in [6, 6.07) is 0. The summed E-state index contributed by atoms with van der Waals surface area (Å²) in [5, 5.41) is 9.04. The molecule has 53 valence electrons. The molecule has 4 heteroatoms. The van der Waals surface area contributed by atoms with Crippen LogP contribution in [0.2, 0.25) is 0 Å². The fourth-order valence-corrected chi connectivity index (χ4v) is 0.371. The molecule has 0 aliphatic rings. The molecule has 0 saturated heterocycles. The van der Waals surface area contributed by atoms with Crippen LogP contribution >= 0.6 is 0 Å². The third-order valence-electron chi connectivity index (χ3n) is 0.701. The number of hydrogen-bond donors (Lipinski definition) is 1. The maximum Gasteiger partial charge on any atom is 0.431 e. The Bertz CT molecular complexity index is 94.2. The van der Waals surface area contributed by atoms with Gasteiger partial charge < -0.3 is 5.11 Å². The van der Waals surface area contributed by atoms with E-state index in [0.29, 0.717) is 6.61 Å². The largest absolute Gasteiger partial charge is 0.463 e. The van der Waals surface area contributed by atoms with Crippen LogP contribution in [0, 0.1) is 6.92 Å². The first-order chi connectivity index (χ1) is 4.22. The second-order valence-corrected chi connectivity index (χ2v) is 1.30. The van der Waals surface area contributed by atoms with E-state index >= 15 is 0 Å². The summed E-state index contributed by atoms with van der Waals surface area (Å²) >= 11 is 0. The number of hydroxylamine groups is 2. The predicted molar refractivity (Wildman–Crippen MR) is 31.7 cm³/mol. The minimum absolute atomic E-state index is 0.114. The Kier molecular flexibility index (Phi) is 3.79. The maximum absolute atomic E-state index is 10.1. The smallest absolute Gasteiger partial charge is 0.431 e. The van der Waals surface area contributed by atoms with Crippen molar-refractivity contribution < 1.29 is 14.7 Å². The molecule has 0 aromatic heterocycles. The Balaban J connectivity index is 3.54. The molecule has 1 radical (unpaired) electrons. The van der Waals surface area contributed by atoms with E-state index in [-0.39, 0.29) is 6.54 Å². The number of carbonyl (C=O) groups is 1. The normalized spacial score (nSPS) is 9.11. The number of rotatable bonds is 3. The summed E-state index contributed by atoms with van der Waals surface area (Å²) in [7, 11) is 0. The summed E-state index contributed by atoms with van der Waals surface area (Å²) in [6.45, 7) is 5.52. The predicted octanol–water partition coefficient (Wildman–Crippen LogP) is 0.752. The molecular weight excluding hydrogens is 122 g/mol. The van der Waals surface area contributed by atoms with Gasteiger partial charge in [0.15, 0.2) is 0 Å². The quantitative estimate of drug-likeness (QED) is 0.576. The molecule has 0 spiro atoms. The van der Waals surface area contributed by atoms with Crippen molar-refractivity contribution >= 4 is 6.09 Å². The lowest BCUT2D eigenvalue weighted by Gasteiger charge is -2.13. The molecule has 1 amide bonds. The van der Waals surface area contributed by atoms with E-state index in [9.17, 15) is 4.79 Å². The van der Waals surface area contributed by atoms with E-state index in [4.69, 9.17) is 5.11 Å². The van der Waals surface area contributed by atoms with Crippen LogP contribution < -0.4 is 0 Å². The van der Waals surface area contributed by atoms with Crippen molar-refractivity contribution in [2.75, 3.05) is 13.2 Å². The SMILES string of the molecule is [CH2]CN(OCC)C(=O)O. The van der Waals surface area contributed by atoms with Gasteiger partial charge in [-0.15, -0.1) is 0 Å². The van der Waals surface area contributed by atoms with Gasteiger partial charge in [0.25, 0.3) is 0 Å². The van der Waals surface area contributed by atoms with Gasteiger partial charge in [-0.05, 0) is 13.8 Å². The van der Waals surface area contributed by atoms with E-state index in [1.807, 2.05) is 0 Å². The van der Waals surface area contributed by atoms with Crippen molar-refractivity contribution in [2.45, 2.75) is 6.92 Å². The Morgan fingerprint density at radius 3 is 2.56 bits per heavy atom. The molecule has 0 saturated carbocycles. The molecule has 0 bridgehead atoms. The van der Waals surface area contributed by atoms with E-state index in [2.05, 4.69) is 11.8 Å². The molecular formula is C5H10NO3. The summed E-state index contributed by atoms with van der Waals surface area (Å²) < 4.78 is 0. The van der Waals surface area contributed by atoms with Crippen molar-refractivity contribution in [3.8, 4) is 0 Å². The number of nitrogens with zero attached hydrogens (tertiary/aromatic N) is 1. The van der Waals surface area contributed by atoms with E-state index in [1.165, 1.54) is 0 Å². The van der Waals surface area contributed by atoms with Crippen molar-refractivity contribution in [1.82, 2.24) is 5.06 Å². The highest BCUT2D eigenvalue weighted by molar-refractivity contribution is 5.63. The second kappa shape index (κ2) is 4.14. The Labute approximate surface area is 54.0 Å².